The molecule has 1 aliphatic heterocycles. The highest BCUT2D eigenvalue weighted by molar-refractivity contribution is 7.89. The number of rotatable bonds is 4. The Labute approximate surface area is 158 Å². The zero-order chi connectivity index (χ0) is 18.9. The molecule has 0 unspecified atom stereocenters. The van der Waals surface area contributed by atoms with Crippen LogP contribution in [0.3, 0.4) is 0 Å². The van der Waals surface area contributed by atoms with Crippen LogP contribution in [0.4, 0.5) is 5.82 Å². The first-order valence-electron chi connectivity index (χ1n) is 9.30. The van der Waals surface area contributed by atoms with E-state index in [1.165, 1.54) is 22.8 Å². The van der Waals surface area contributed by atoms with Gasteiger partial charge in [-0.25, -0.2) is 18.4 Å². The van der Waals surface area contributed by atoms with Crippen LogP contribution in [-0.2, 0) is 22.9 Å². The lowest BCUT2D eigenvalue weighted by atomic mass is 10.2. The number of amides is 1. The molecular formula is C19H22N4O3S. The van der Waals surface area contributed by atoms with E-state index in [1.807, 2.05) is 0 Å². The van der Waals surface area contributed by atoms with Gasteiger partial charge in [0.05, 0.1) is 4.90 Å². The summed E-state index contributed by atoms with van der Waals surface area (Å²) in [6.45, 7) is 1.12. The second-order valence-electron chi connectivity index (χ2n) is 6.94. The smallest absolute Gasteiger partial charge is 0.256 e. The van der Waals surface area contributed by atoms with Crippen molar-refractivity contribution in [2.75, 3.05) is 18.4 Å². The predicted molar refractivity (Wildman–Crippen MR) is 101 cm³/mol. The average molecular weight is 386 g/mol. The Hall–Kier alpha value is -2.32. The molecular weight excluding hydrogens is 364 g/mol. The minimum absolute atomic E-state index is 0.226. The first kappa shape index (κ1) is 18.1. The lowest BCUT2D eigenvalue weighted by molar-refractivity contribution is 0.102. The van der Waals surface area contributed by atoms with Gasteiger partial charge in [0.15, 0.2) is 0 Å². The molecule has 0 spiro atoms. The van der Waals surface area contributed by atoms with Gasteiger partial charge in [-0.05, 0) is 56.4 Å². The molecule has 1 fully saturated rings. The molecule has 0 bridgehead atoms. The van der Waals surface area contributed by atoms with Gasteiger partial charge in [0.2, 0.25) is 10.0 Å². The summed E-state index contributed by atoms with van der Waals surface area (Å²) in [5, 5.41) is 2.83. The number of nitrogens with zero attached hydrogens (tertiary/aromatic N) is 3. The molecule has 1 N–H and O–H groups in total. The SMILES string of the molecule is O=C(Nc1ncnc2c1CCC2)c1ccc(S(=O)(=O)N2CCCCC2)cc1. The normalized spacial score (nSPS) is 17.5. The van der Waals surface area contributed by atoms with E-state index in [4.69, 9.17) is 0 Å². The Kier molecular flexibility index (Phi) is 4.92. The molecule has 0 saturated carbocycles. The van der Waals surface area contributed by atoms with Gasteiger partial charge in [0, 0.05) is 29.9 Å². The number of fused-ring (bicyclic) bond motifs is 1. The number of hydrogen-bond donors (Lipinski definition) is 1. The van der Waals surface area contributed by atoms with Crippen LogP contribution in [0.1, 0.15) is 47.3 Å². The minimum Gasteiger partial charge on any atom is -0.306 e. The molecule has 1 aromatic heterocycles. The Morgan fingerprint density at radius 3 is 2.44 bits per heavy atom. The fraction of sp³-hybridized carbons (Fsp3) is 0.421. The van der Waals surface area contributed by atoms with Crippen LogP contribution in [0.25, 0.3) is 0 Å². The predicted octanol–water partition coefficient (Wildman–Crippen LogP) is 2.39. The fourth-order valence-corrected chi connectivity index (χ4v) is 5.20. The first-order chi connectivity index (χ1) is 13.1. The summed E-state index contributed by atoms with van der Waals surface area (Å²) in [6.07, 6.45) is 7.10. The number of hydrogen-bond acceptors (Lipinski definition) is 5. The first-order valence-corrected chi connectivity index (χ1v) is 10.7. The maximum Gasteiger partial charge on any atom is 0.256 e. The molecule has 8 heteroatoms. The zero-order valence-corrected chi connectivity index (χ0v) is 15.8. The third-order valence-electron chi connectivity index (χ3n) is 5.18. The molecule has 2 heterocycles. The number of aryl methyl sites for hydroxylation is 1. The van der Waals surface area contributed by atoms with E-state index in [-0.39, 0.29) is 10.8 Å². The maximum atomic E-state index is 12.7. The van der Waals surface area contributed by atoms with Gasteiger partial charge in [-0.2, -0.15) is 4.31 Å². The van der Waals surface area contributed by atoms with E-state index in [2.05, 4.69) is 15.3 Å². The summed E-state index contributed by atoms with van der Waals surface area (Å²) in [7, 11) is -3.49. The van der Waals surface area contributed by atoms with Crippen molar-refractivity contribution in [2.24, 2.45) is 0 Å². The van der Waals surface area contributed by atoms with Crippen LogP contribution in [0.5, 0.6) is 0 Å². The number of anilines is 1. The molecule has 4 rings (SSSR count). The molecule has 2 aromatic rings. The summed E-state index contributed by atoms with van der Waals surface area (Å²) in [5.41, 5.74) is 2.39. The molecule has 7 nitrogen and oxygen atoms in total. The topological polar surface area (TPSA) is 92.3 Å². The van der Waals surface area contributed by atoms with E-state index in [1.54, 1.807) is 12.1 Å². The molecule has 2 aliphatic rings. The van der Waals surface area contributed by atoms with Crippen molar-refractivity contribution in [1.29, 1.82) is 0 Å². The quantitative estimate of drug-likeness (QED) is 0.871. The number of benzene rings is 1. The number of sulfonamides is 1. The third-order valence-corrected chi connectivity index (χ3v) is 7.09. The molecule has 1 aliphatic carbocycles. The molecule has 0 radical (unpaired) electrons. The van der Waals surface area contributed by atoms with Crippen molar-refractivity contribution >= 4 is 21.7 Å². The van der Waals surface area contributed by atoms with E-state index < -0.39 is 10.0 Å². The standard InChI is InChI=1S/C19H22N4O3S/c24-19(22-18-16-5-4-6-17(16)20-13-21-18)14-7-9-15(10-8-14)27(25,26)23-11-2-1-3-12-23/h7-10,13H,1-6,11-12H2,(H,20,21,22,24). The van der Waals surface area contributed by atoms with Gasteiger partial charge in [-0.15, -0.1) is 0 Å². The Morgan fingerprint density at radius 2 is 1.70 bits per heavy atom. The van der Waals surface area contributed by atoms with Crippen LogP contribution in [-0.4, -0.2) is 41.7 Å². The summed E-state index contributed by atoms with van der Waals surface area (Å²) in [5.74, 6) is 0.247. The van der Waals surface area contributed by atoms with Gasteiger partial charge >= 0.3 is 0 Å². The van der Waals surface area contributed by atoms with Crippen LogP contribution in [0, 0.1) is 0 Å². The number of piperidine rings is 1. The van der Waals surface area contributed by atoms with Gasteiger partial charge in [-0.3, -0.25) is 4.79 Å². The Bertz CT molecular complexity index is 951. The number of carbonyl (C=O) groups is 1. The molecule has 142 valence electrons. The van der Waals surface area contributed by atoms with Crippen molar-refractivity contribution in [3.8, 4) is 0 Å². The summed E-state index contributed by atoms with van der Waals surface area (Å²) < 4.78 is 26.9. The zero-order valence-electron chi connectivity index (χ0n) is 15.0. The highest BCUT2D eigenvalue weighted by Crippen LogP contribution is 2.26. The van der Waals surface area contributed by atoms with E-state index >= 15 is 0 Å². The van der Waals surface area contributed by atoms with Crippen LogP contribution in [0.15, 0.2) is 35.5 Å². The lowest BCUT2D eigenvalue weighted by Crippen LogP contribution is -2.35. The highest BCUT2D eigenvalue weighted by atomic mass is 32.2. The van der Waals surface area contributed by atoms with Gasteiger partial charge < -0.3 is 5.32 Å². The van der Waals surface area contributed by atoms with Crippen LogP contribution in [0.2, 0.25) is 0 Å². The van der Waals surface area contributed by atoms with Crippen molar-refractivity contribution in [1.82, 2.24) is 14.3 Å². The molecule has 0 atom stereocenters. The van der Waals surface area contributed by atoms with Gasteiger partial charge in [-0.1, -0.05) is 6.42 Å². The summed E-state index contributed by atoms with van der Waals surface area (Å²) in [4.78, 5) is 21.2. The maximum absolute atomic E-state index is 12.7. The van der Waals surface area contributed by atoms with Crippen LogP contribution >= 0.6 is 0 Å². The number of nitrogens with one attached hydrogen (secondary N) is 1. The average Bonchev–Trinajstić information content (AvgIpc) is 3.19. The number of aromatic nitrogens is 2. The Morgan fingerprint density at radius 1 is 0.963 bits per heavy atom. The molecule has 1 amide bonds. The molecule has 27 heavy (non-hydrogen) atoms. The van der Waals surface area contributed by atoms with Crippen molar-refractivity contribution in [2.45, 2.75) is 43.4 Å². The monoisotopic (exact) mass is 386 g/mol. The van der Waals surface area contributed by atoms with E-state index in [9.17, 15) is 13.2 Å². The molecule has 1 aromatic carbocycles. The second kappa shape index (κ2) is 7.36. The minimum atomic E-state index is -3.49. The number of carbonyl (C=O) groups excluding carboxylic acids is 1. The fourth-order valence-electron chi connectivity index (χ4n) is 3.68. The Balaban J connectivity index is 1.50. The lowest BCUT2D eigenvalue weighted by Gasteiger charge is -2.25. The second-order valence-corrected chi connectivity index (χ2v) is 8.88. The van der Waals surface area contributed by atoms with Crippen molar-refractivity contribution in [3.63, 3.8) is 0 Å². The largest absolute Gasteiger partial charge is 0.306 e. The van der Waals surface area contributed by atoms with Gasteiger partial charge in [0.25, 0.3) is 5.91 Å². The van der Waals surface area contributed by atoms with E-state index in [0.29, 0.717) is 24.5 Å². The summed E-state index contributed by atoms with van der Waals surface area (Å²) >= 11 is 0. The molecule has 1 saturated heterocycles. The summed E-state index contributed by atoms with van der Waals surface area (Å²) in [6, 6.07) is 6.10. The van der Waals surface area contributed by atoms with Crippen LogP contribution < -0.4 is 5.32 Å². The van der Waals surface area contributed by atoms with Crippen molar-refractivity contribution < 1.29 is 13.2 Å². The third kappa shape index (κ3) is 3.59. The van der Waals surface area contributed by atoms with Crippen molar-refractivity contribution in [3.05, 3.63) is 47.4 Å². The highest BCUT2D eigenvalue weighted by Gasteiger charge is 2.26. The van der Waals surface area contributed by atoms with Gasteiger partial charge in [0.1, 0.15) is 12.1 Å². The van der Waals surface area contributed by atoms with E-state index in [0.717, 1.165) is 49.8 Å².